The number of methoxy groups -OCH3 is 1. The van der Waals surface area contributed by atoms with Gasteiger partial charge in [-0.05, 0) is 12.5 Å². The molecule has 0 aliphatic rings. The van der Waals surface area contributed by atoms with Crippen molar-refractivity contribution in [1.82, 2.24) is 9.78 Å². The third kappa shape index (κ3) is 2.99. The smallest absolute Gasteiger partial charge is 0.345 e. The van der Waals surface area contributed by atoms with Crippen molar-refractivity contribution in [2.45, 2.75) is 13.5 Å². The molecule has 6 heteroatoms. The van der Waals surface area contributed by atoms with E-state index >= 15 is 0 Å². The number of carbonyl (C=O) groups is 1. The third-order valence-corrected chi connectivity index (χ3v) is 3.24. The van der Waals surface area contributed by atoms with Gasteiger partial charge in [-0.1, -0.05) is 29.8 Å². The first-order chi connectivity index (χ1) is 9.93. The van der Waals surface area contributed by atoms with Gasteiger partial charge >= 0.3 is 5.97 Å². The molecule has 112 valence electrons. The summed E-state index contributed by atoms with van der Waals surface area (Å²) in [5.41, 5.74) is 8.63. The lowest BCUT2D eigenvalue weighted by atomic mass is 10.1. The van der Waals surface area contributed by atoms with Gasteiger partial charge in [-0.2, -0.15) is 5.10 Å². The van der Waals surface area contributed by atoms with Crippen LogP contribution in [0.2, 0.25) is 0 Å². The van der Waals surface area contributed by atoms with Crippen molar-refractivity contribution < 1.29 is 9.53 Å². The van der Waals surface area contributed by atoms with Crippen molar-refractivity contribution in [1.29, 1.82) is 0 Å². The number of nitrogens with two attached hydrogens (primary N) is 1. The lowest BCUT2D eigenvalue weighted by Crippen LogP contribution is -2.14. The van der Waals surface area contributed by atoms with Crippen molar-refractivity contribution in [2.75, 3.05) is 31.8 Å². The molecule has 2 rings (SSSR count). The van der Waals surface area contributed by atoms with E-state index in [2.05, 4.69) is 5.10 Å². The van der Waals surface area contributed by atoms with Crippen molar-refractivity contribution in [3.8, 4) is 0 Å². The third-order valence-electron chi connectivity index (χ3n) is 3.24. The maximum absolute atomic E-state index is 11.9. The number of hydrogen-bond acceptors (Lipinski definition) is 5. The number of nitrogens with zero attached hydrogens (tertiary/aromatic N) is 3. The molecule has 0 atom stereocenters. The minimum absolute atomic E-state index is 0.301. The minimum Gasteiger partial charge on any atom is -0.465 e. The fourth-order valence-corrected chi connectivity index (χ4v) is 2.06. The van der Waals surface area contributed by atoms with E-state index in [4.69, 9.17) is 10.5 Å². The molecular weight excluding hydrogens is 268 g/mol. The SMILES string of the molecule is COC(=O)c1c(N(C)C)nn(Cc2ccc(C)cc2)c1N. The van der Waals surface area contributed by atoms with Crippen LogP contribution >= 0.6 is 0 Å². The predicted octanol–water partition coefficient (Wildman–Crippen LogP) is 1.67. The van der Waals surface area contributed by atoms with Gasteiger partial charge in [-0.25, -0.2) is 9.48 Å². The van der Waals surface area contributed by atoms with Crippen LogP contribution in [0.5, 0.6) is 0 Å². The first-order valence-corrected chi connectivity index (χ1v) is 6.61. The van der Waals surface area contributed by atoms with Crippen LogP contribution in [0.15, 0.2) is 24.3 Å². The molecule has 21 heavy (non-hydrogen) atoms. The van der Waals surface area contributed by atoms with Gasteiger partial charge in [0.1, 0.15) is 11.4 Å². The van der Waals surface area contributed by atoms with Gasteiger partial charge in [-0.15, -0.1) is 0 Å². The second kappa shape index (κ2) is 5.87. The zero-order valence-corrected chi connectivity index (χ0v) is 12.8. The number of aromatic nitrogens is 2. The normalized spacial score (nSPS) is 10.5. The molecule has 2 aromatic rings. The van der Waals surface area contributed by atoms with Gasteiger partial charge < -0.3 is 15.4 Å². The van der Waals surface area contributed by atoms with E-state index in [1.807, 2.05) is 45.3 Å². The van der Waals surface area contributed by atoms with Crippen LogP contribution in [0.3, 0.4) is 0 Å². The highest BCUT2D eigenvalue weighted by molar-refractivity contribution is 5.99. The summed E-state index contributed by atoms with van der Waals surface area (Å²) in [6.45, 7) is 2.54. The first-order valence-electron chi connectivity index (χ1n) is 6.61. The highest BCUT2D eigenvalue weighted by Crippen LogP contribution is 2.25. The van der Waals surface area contributed by atoms with Crippen LogP contribution in [-0.4, -0.2) is 37.0 Å². The number of ether oxygens (including phenoxy) is 1. The molecule has 0 saturated carbocycles. The van der Waals surface area contributed by atoms with Gasteiger partial charge in [0.15, 0.2) is 5.82 Å². The standard InChI is InChI=1S/C15H20N4O2/c1-10-5-7-11(8-6-10)9-19-13(16)12(15(20)21-4)14(17-19)18(2)3/h5-8H,9,16H2,1-4H3. The van der Waals surface area contributed by atoms with Gasteiger partial charge in [0.05, 0.1) is 13.7 Å². The maximum Gasteiger partial charge on any atom is 0.345 e. The van der Waals surface area contributed by atoms with E-state index in [9.17, 15) is 4.79 Å². The van der Waals surface area contributed by atoms with Crippen LogP contribution in [0.25, 0.3) is 0 Å². The number of benzene rings is 1. The van der Waals surface area contributed by atoms with Gasteiger partial charge in [-0.3, -0.25) is 0 Å². The van der Waals surface area contributed by atoms with Gasteiger partial charge in [0, 0.05) is 14.1 Å². The van der Waals surface area contributed by atoms with E-state index in [0.717, 1.165) is 5.56 Å². The number of aryl methyl sites for hydroxylation is 1. The lowest BCUT2D eigenvalue weighted by Gasteiger charge is -2.09. The zero-order chi connectivity index (χ0) is 15.6. The Bertz CT molecular complexity index is 644. The van der Waals surface area contributed by atoms with Crippen molar-refractivity contribution >= 4 is 17.6 Å². The molecule has 0 spiro atoms. The fraction of sp³-hybridized carbons (Fsp3) is 0.333. The summed E-state index contributed by atoms with van der Waals surface area (Å²) < 4.78 is 6.41. The number of rotatable bonds is 4. The molecule has 0 fully saturated rings. The first kappa shape index (κ1) is 14.9. The molecule has 0 unspecified atom stereocenters. The Kier molecular flexibility index (Phi) is 4.16. The fourth-order valence-electron chi connectivity index (χ4n) is 2.06. The van der Waals surface area contributed by atoms with E-state index in [0.29, 0.717) is 23.7 Å². The molecule has 2 N–H and O–H groups in total. The zero-order valence-electron chi connectivity index (χ0n) is 12.8. The highest BCUT2D eigenvalue weighted by atomic mass is 16.5. The average molecular weight is 288 g/mol. The summed E-state index contributed by atoms with van der Waals surface area (Å²) in [7, 11) is 4.95. The Hall–Kier alpha value is -2.50. The maximum atomic E-state index is 11.9. The number of anilines is 2. The summed E-state index contributed by atoms with van der Waals surface area (Å²) in [5, 5.41) is 4.41. The molecular formula is C15H20N4O2. The lowest BCUT2D eigenvalue weighted by molar-refractivity contribution is 0.0602. The second-order valence-corrected chi connectivity index (χ2v) is 5.11. The largest absolute Gasteiger partial charge is 0.465 e. The molecule has 1 heterocycles. The molecule has 1 aromatic heterocycles. The highest BCUT2D eigenvalue weighted by Gasteiger charge is 2.24. The molecule has 0 bridgehead atoms. The summed E-state index contributed by atoms with van der Waals surface area (Å²) in [6, 6.07) is 8.10. The van der Waals surface area contributed by atoms with Crippen LogP contribution in [0, 0.1) is 6.92 Å². The summed E-state index contributed by atoms with van der Waals surface area (Å²) in [4.78, 5) is 13.6. The van der Waals surface area contributed by atoms with Crippen LogP contribution < -0.4 is 10.6 Å². The molecule has 0 aliphatic heterocycles. The van der Waals surface area contributed by atoms with Crippen LogP contribution in [0.1, 0.15) is 21.5 Å². The number of nitrogen functional groups attached to an aromatic ring is 1. The van der Waals surface area contributed by atoms with Gasteiger partial charge in [0.25, 0.3) is 0 Å². The van der Waals surface area contributed by atoms with E-state index in [1.165, 1.54) is 12.7 Å². The van der Waals surface area contributed by atoms with E-state index in [-0.39, 0.29) is 0 Å². The summed E-state index contributed by atoms with van der Waals surface area (Å²) >= 11 is 0. The molecule has 0 saturated heterocycles. The number of hydrogen-bond donors (Lipinski definition) is 1. The second-order valence-electron chi connectivity index (χ2n) is 5.11. The molecule has 6 nitrogen and oxygen atoms in total. The predicted molar refractivity (Wildman–Crippen MR) is 82.6 cm³/mol. The average Bonchev–Trinajstić information content (AvgIpc) is 2.78. The summed E-state index contributed by atoms with van der Waals surface area (Å²) in [6.07, 6.45) is 0. The molecule has 1 aromatic carbocycles. The van der Waals surface area contributed by atoms with E-state index in [1.54, 1.807) is 9.58 Å². The Balaban J connectivity index is 2.40. The molecule has 0 aliphatic carbocycles. The Labute approximate surface area is 124 Å². The van der Waals surface area contributed by atoms with Crippen molar-refractivity contribution in [2.24, 2.45) is 0 Å². The van der Waals surface area contributed by atoms with Crippen LogP contribution in [0.4, 0.5) is 11.6 Å². The molecule has 0 radical (unpaired) electrons. The Morgan fingerprint density at radius 2 is 1.95 bits per heavy atom. The monoisotopic (exact) mass is 288 g/mol. The quantitative estimate of drug-likeness (QED) is 0.866. The Morgan fingerprint density at radius 1 is 1.33 bits per heavy atom. The van der Waals surface area contributed by atoms with Gasteiger partial charge in [0.2, 0.25) is 0 Å². The summed E-state index contributed by atoms with van der Waals surface area (Å²) in [5.74, 6) is 0.337. The minimum atomic E-state index is -0.480. The molecule has 0 amide bonds. The Morgan fingerprint density at radius 3 is 2.48 bits per heavy atom. The topological polar surface area (TPSA) is 73.4 Å². The number of carbonyl (C=O) groups excluding carboxylic acids is 1. The van der Waals surface area contributed by atoms with Crippen molar-refractivity contribution in [3.05, 3.63) is 41.0 Å². The van der Waals surface area contributed by atoms with Crippen LogP contribution in [-0.2, 0) is 11.3 Å². The van der Waals surface area contributed by atoms with Crippen molar-refractivity contribution in [3.63, 3.8) is 0 Å². The number of esters is 1. The van der Waals surface area contributed by atoms with E-state index < -0.39 is 5.97 Å².